The zero-order valence-corrected chi connectivity index (χ0v) is 7.25. The van der Waals surface area contributed by atoms with E-state index in [9.17, 15) is 4.79 Å². The van der Waals surface area contributed by atoms with Gasteiger partial charge in [0.15, 0.2) is 0 Å². The third-order valence-corrected chi connectivity index (χ3v) is 2.74. The van der Waals surface area contributed by atoms with Crippen molar-refractivity contribution >= 4 is 33.6 Å². The maximum absolute atomic E-state index is 10.6. The first kappa shape index (κ1) is 7.63. The highest BCUT2D eigenvalue weighted by Crippen LogP contribution is 2.24. The summed E-state index contributed by atoms with van der Waals surface area (Å²) in [5, 5.41) is 11.5. The fourth-order valence-corrected chi connectivity index (χ4v) is 1.65. The maximum Gasteiger partial charge on any atom is 0.235 e. The van der Waals surface area contributed by atoms with E-state index >= 15 is 0 Å². The van der Waals surface area contributed by atoms with Crippen molar-refractivity contribution in [3.05, 3.63) is 9.51 Å². The summed E-state index contributed by atoms with van der Waals surface area (Å²) in [6.07, 6.45) is 0. The molecule has 0 radical (unpaired) electrons. The molecule has 0 spiro atoms. The number of thioether (sulfide) groups is 1. The number of allylic oxidation sites excluding steroid dienone is 1. The largest absolute Gasteiger partial charge is 0.318 e. The number of hydrogen-bond donors (Lipinski definition) is 1. The van der Waals surface area contributed by atoms with Gasteiger partial charge in [0.25, 0.3) is 0 Å². The summed E-state index contributed by atoms with van der Waals surface area (Å²) in [5.41, 5.74) is 0. The molecule has 1 aliphatic heterocycles. The van der Waals surface area contributed by atoms with Crippen molar-refractivity contribution < 1.29 is 4.79 Å². The number of amides is 1. The third-order valence-electron chi connectivity index (χ3n) is 0.898. The summed E-state index contributed by atoms with van der Waals surface area (Å²) in [6, 6.07) is 1.89. The molecule has 10 heavy (non-hydrogen) atoms. The molecule has 0 aliphatic carbocycles. The van der Waals surface area contributed by atoms with Crippen LogP contribution in [0.2, 0.25) is 0 Å². The smallest absolute Gasteiger partial charge is 0.235 e. The lowest BCUT2D eigenvalue weighted by Gasteiger charge is -1.92. The molecule has 52 valence electrons. The van der Waals surface area contributed by atoms with Crippen LogP contribution in [0.15, 0.2) is 9.51 Å². The lowest BCUT2D eigenvalue weighted by molar-refractivity contribution is -0.117. The van der Waals surface area contributed by atoms with E-state index in [1.54, 1.807) is 0 Å². The highest BCUT2D eigenvalue weighted by Gasteiger charge is 2.17. The van der Waals surface area contributed by atoms with Gasteiger partial charge in [0.05, 0.1) is 5.75 Å². The number of nitriles is 1. The van der Waals surface area contributed by atoms with E-state index < -0.39 is 0 Å². The topological polar surface area (TPSA) is 52.9 Å². The van der Waals surface area contributed by atoms with Gasteiger partial charge >= 0.3 is 0 Å². The molecule has 3 nitrogen and oxygen atoms in total. The third kappa shape index (κ3) is 1.52. The first-order valence-corrected chi connectivity index (χ1v) is 4.24. The lowest BCUT2D eigenvalue weighted by Crippen LogP contribution is -2.14. The van der Waals surface area contributed by atoms with Crippen LogP contribution in [0.5, 0.6) is 0 Å². The Hall–Kier alpha value is -0.470. The molecule has 0 aromatic heterocycles. The van der Waals surface area contributed by atoms with Crippen molar-refractivity contribution in [1.82, 2.24) is 5.32 Å². The minimum atomic E-state index is -0.0489. The fraction of sp³-hybridized carbons (Fsp3) is 0.200. The standard InChI is InChI=1S/C5H3BrN2OS/c6-3(1-7)5-8-4(9)2-10-5/h2H2,(H,8,9)/b5-3-. The molecular weight excluding hydrogens is 216 g/mol. The van der Waals surface area contributed by atoms with Crippen molar-refractivity contribution in [3.8, 4) is 6.07 Å². The van der Waals surface area contributed by atoms with E-state index in [1.165, 1.54) is 11.8 Å². The predicted molar refractivity (Wildman–Crippen MR) is 42.2 cm³/mol. The van der Waals surface area contributed by atoms with Crippen molar-refractivity contribution in [3.63, 3.8) is 0 Å². The molecule has 1 aliphatic rings. The Morgan fingerprint density at radius 3 is 3.00 bits per heavy atom. The molecule has 1 heterocycles. The van der Waals surface area contributed by atoms with Gasteiger partial charge in [0.2, 0.25) is 5.91 Å². The van der Waals surface area contributed by atoms with Crippen LogP contribution >= 0.6 is 27.7 Å². The summed E-state index contributed by atoms with van der Waals surface area (Å²) in [7, 11) is 0. The molecule has 0 bridgehead atoms. The van der Waals surface area contributed by atoms with Gasteiger partial charge in [0.1, 0.15) is 15.6 Å². The minimum absolute atomic E-state index is 0.0489. The van der Waals surface area contributed by atoms with Crippen LogP contribution in [0, 0.1) is 11.3 Å². The second-order valence-corrected chi connectivity index (χ2v) is 3.37. The fourth-order valence-electron chi connectivity index (χ4n) is 0.506. The van der Waals surface area contributed by atoms with E-state index in [0.717, 1.165) is 0 Å². The second-order valence-electron chi connectivity index (χ2n) is 1.59. The van der Waals surface area contributed by atoms with Gasteiger partial charge in [-0.05, 0) is 15.9 Å². The normalized spacial score (nSPS) is 21.8. The number of carbonyl (C=O) groups excluding carboxylic acids is 1. The Morgan fingerprint density at radius 1 is 1.90 bits per heavy atom. The van der Waals surface area contributed by atoms with Crippen molar-refractivity contribution in [2.24, 2.45) is 0 Å². The Balaban J connectivity index is 2.79. The average molecular weight is 219 g/mol. The van der Waals surface area contributed by atoms with E-state index in [1.807, 2.05) is 6.07 Å². The zero-order valence-electron chi connectivity index (χ0n) is 4.85. The van der Waals surface area contributed by atoms with Gasteiger partial charge in [0, 0.05) is 0 Å². The molecule has 0 aromatic rings. The van der Waals surface area contributed by atoms with Gasteiger partial charge in [-0.25, -0.2) is 0 Å². The number of rotatable bonds is 0. The molecule has 0 atom stereocenters. The highest BCUT2D eigenvalue weighted by molar-refractivity contribution is 9.12. The number of hydrogen-bond acceptors (Lipinski definition) is 3. The van der Waals surface area contributed by atoms with Crippen LogP contribution in [-0.2, 0) is 4.79 Å². The molecule has 5 heteroatoms. The van der Waals surface area contributed by atoms with Gasteiger partial charge in [-0.3, -0.25) is 4.79 Å². The highest BCUT2D eigenvalue weighted by atomic mass is 79.9. The summed E-state index contributed by atoms with van der Waals surface area (Å²) in [6.45, 7) is 0. The quantitative estimate of drug-likeness (QED) is 0.616. The molecule has 1 N–H and O–H groups in total. The summed E-state index contributed by atoms with van der Waals surface area (Å²) >= 11 is 4.35. The summed E-state index contributed by atoms with van der Waals surface area (Å²) < 4.78 is 0.392. The summed E-state index contributed by atoms with van der Waals surface area (Å²) in [4.78, 5) is 10.6. The lowest BCUT2D eigenvalue weighted by atomic mass is 10.6. The van der Waals surface area contributed by atoms with Crippen LogP contribution in [0.3, 0.4) is 0 Å². The predicted octanol–water partition coefficient (Wildman–Crippen LogP) is 0.937. The van der Waals surface area contributed by atoms with Crippen LogP contribution in [0.4, 0.5) is 0 Å². The van der Waals surface area contributed by atoms with Gasteiger partial charge < -0.3 is 5.32 Å². The number of nitrogens with one attached hydrogen (secondary N) is 1. The Labute approximate surface area is 70.6 Å². The van der Waals surface area contributed by atoms with Crippen LogP contribution in [0.25, 0.3) is 0 Å². The van der Waals surface area contributed by atoms with Crippen molar-refractivity contribution in [2.45, 2.75) is 0 Å². The summed E-state index contributed by atoms with van der Waals surface area (Å²) in [5.74, 6) is 0.360. The van der Waals surface area contributed by atoms with E-state index in [2.05, 4.69) is 21.2 Å². The average Bonchev–Trinajstić information content (AvgIpc) is 2.34. The molecule has 0 unspecified atom stereocenters. The van der Waals surface area contributed by atoms with Crippen LogP contribution in [0.1, 0.15) is 0 Å². The van der Waals surface area contributed by atoms with Crippen molar-refractivity contribution in [2.75, 3.05) is 5.75 Å². The van der Waals surface area contributed by atoms with Gasteiger partial charge in [-0.15, -0.1) is 0 Å². The van der Waals surface area contributed by atoms with E-state index in [0.29, 0.717) is 15.3 Å². The van der Waals surface area contributed by atoms with Gasteiger partial charge in [-0.1, -0.05) is 11.8 Å². The zero-order chi connectivity index (χ0) is 7.56. The molecule has 1 fully saturated rings. The molecule has 1 rings (SSSR count). The molecular formula is C5H3BrN2OS. The monoisotopic (exact) mass is 218 g/mol. The SMILES string of the molecule is N#C/C(Br)=C1\NC(=O)CS1. The molecule has 1 amide bonds. The van der Waals surface area contributed by atoms with Crippen molar-refractivity contribution in [1.29, 1.82) is 5.26 Å². The number of halogens is 1. The number of carbonyl (C=O) groups is 1. The van der Waals surface area contributed by atoms with E-state index in [-0.39, 0.29) is 5.91 Å². The Kier molecular flexibility index (Phi) is 2.35. The second kappa shape index (κ2) is 3.08. The minimum Gasteiger partial charge on any atom is -0.318 e. The maximum atomic E-state index is 10.6. The molecule has 0 aromatic carbocycles. The Bertz CT molecular complexity index is 243. The van der Waals surface area contributed by atoms with E-state index in [4.69, 9.17) is 5.26 Å². The van der Waals surface area contributed by atoms with Crippen LogP contribution in [-0.4, -0.2) is 11.7 Å². The first-order chi connectivity index (χ1) is 4.74. The van der Waals surface area contributed by atoms with Gasteiger partial charge in [-0.2, -0.15) is 5.26 Å². The first-order valence-electron chi connectivity index (χ1n) is 2.46. The number of nitrogens with zero attached hydrogens (tertiary/aromatic N) is 1. The molecule has 1 saturated heterocycles. The molecule has 0 saturated carbocycles. The van der Waals surface area contributed by atoms with Crippen LogP contribution < -0.4 is 5.32 Å². The Morgan fingerprint density at radius 2 is 2.60 bits per heavy atom.